The van der Waals surface area contributed by atoms with Gasteiger partial charge >= 0.3 is 0 Å². The normalized spacial score (nSPS) is 18.0. The number of nitrogens with one attached hydrogen (secondary N) is 2. The molecule has 2 amide bonds. The van der Waals surface area contributed by atoms with Crippen LogP contribution in [0.25, 0.3) is 10.9 Å². The van der Waals surface area contributed by atoms with Crippen molar-refractivity contribution in [1.29, 1.82) is 0 Å². The zero-order chi connectivity index (χ0) is 32.5. The molecule has 0 spiro atoms. The molecule has 0 aliphatic carbocycles. The van der Waals surface area contributed by atoms with Crippen molar-refractivity contribution in [3.63, 3.8) is 0 Å². The SMILES string of the molecule is CNCCCC(Cc1ccccc1)C(=O)N1CCC(O)(Cn2cnc3cc(NC(=O)CCN4CCN(C)CC4)ccc3c2=O)CC1. The number of amides is 2. The number of piperidine rings is 1. The molecule has 0 radical (unpaired) electrons. The van der Waals surface area contributed by atoms with E-state index in [9.17, 15) is 19.5 Å². The van der Waals surface area contributed by atoms with Gasteiger partial charge in [0.05, 0.1) is 29.4 Å². The molecule has 1 unspecified atom stereocenters. The maximum atomic E-state index is 13.6. The van der Waals surface area contributed by atoms with E-state index in [0.717, 1.165) is 57.7 Å². The number of likely N-dealkylation sites (tertiary alicyclic amines) is 1. The van der Waals surface area contributed by atoms with E-state index in [-0.39, 0.29) is 29.8 Å². The second-order valence-corrected chi connectivity index (χ2v) is 13.0. The van der Waals surface area contributed by atoms with Crippen molar-refractivity contribution in [3.8, 4) is 0 Å². The molecular formula is C35H49N7O4. The molecule has 11 heteroatoms. The molecule has 0 saturated carbocycles. The third kappa shape index (κ3) is 9.00. The van der Waals surface area contributed by atoms with Gasteiger partial charge in [-0.05, 0) is 76.5 Å². The Labute approximate surface area is 271 Å². The molecule has 11 nitrogen and oxygen atoms in total. The van der Waals surface area contributed by atoms with Crippen LogP contribution in [0.15, 0.2) is 59.7 Å². The van der Waals surface area contributed by atoms with E-state index in [2.05, 4.69) is 44.6 Å². The molecule has 5 rings (SSSR count). The highest BCUT2D eigenvalue weighted by molar-refractivity contribution is 5.93. The van der Waals surface area contributed by atoms with Crippen molar-refractivity contribution in [2.75, 3.05) is 71.8 Å². The second-order valence-electron chi connectivity index (χ2n) is 13.0. The maximum absolute atomic E-state index is 13.6. The average molecular weight is 632 g/mol. The van der Waals surface area contributed by atoms with E-state index in [0.29, 0.717) is 55.4 Å². The Hall–Kier alpha value is -3.64. The van der Waals surface area contributed by atoms with Crippen molar-refractivity contribution >= 4 is 28.4 Å². The minimum Gasteiger partial charge on any atom is -0.388 e. The molecule has 3 aromatic rings. The zero-order valence-corrected chi connectivity index (χ0v) is 27.3. The van der Waals surface area contributed by atoms with Gasteiger partial charge in [-0.1, -0.05) is 30.3 Å². The summed E-state index contributed by atoms with van der Waals surface area (Å²) in [6.45, 7) is 6.53. The Morgan fingerprint density at radius 2 is 1.76 bits per heavy atom. The molecule has 1 aromatic heterocycles. The fourth-order valence-corrected chi connectivity index (χ4v) is 6.52. The summed E-state index contributed by atoms with van der Waals surface area (Å²) >= 11 is 0. The fraction of sp³-hybridized carbons (Fsp3) is 0.543. The summed E-state index contributed by atoms with van der Waals surface area (Å²) in [7, 11) is 4.03. The Kier molecular flexibility index (Phi) is 11.6. The second kappa shape index (κ2) is 15.8. The molecule has 1 atom stereocenters. The van der Waals surface area contributed by atoms with Crippen LogP contribution in [0, 0.1) is 5.92 Å². The van der Waals surface area contributed by atoms with Crippen LogP contribution in [-0.2, 0) is 22.6 Å². The molecule has 2 saturated heterocycles. The number of anilines is 1. The molecule has 46 heavy (non-hydrogen) atoms. The van der Waals surface area contributed by atoms with Crippen molar-refractivity contribution in [2.24, 2.45) is 5.92 Å². The van der Waals surface area contributed by atoms with Crippen LogP contribution >= 0.6 is 0 Å². The smallest absolute Gasteiger partial charge is 0.261 e. The number of nitrogens with zero attached hydrogens (tertiary/aromatic N) is 5. The van der Waals surface area contributed by atoms with Crippen molar-refractivity contribution in [1.82, 2.24) is 29.6 Å². The summed E-state index contributed by atoms with van der Waals surface area (Å²) in [5.41, 5.74) is 0.894. The summed E-state index contributed by atoms with van der Waals surface area (Å²) in [5, 5.41) is 18.0. The number of benzene rings is 2. The number of fused-ring (bicyclic) bond motifs is 1. The first-order valence-corrected chi connectivity index (χ1v) is 16.6. The van der Waals surface area contributed by atoms with Crippen LogP contribution in [0.3, 0.4) is 0 Å². The van der Waals surface area contributed by atoms with Gasteiger partial charge in [0.2, 0.25) is 11.8 Å². The van der Waals surface area contributed by atoms with Crippen LogP contribution in [0.1, 0.15) is 37.7 Å². The van der Waals surface area contributed by atoms with Gasteiger partial charge in [0.25, 0.3) is 5.56 Å². The lowest BCUT2D eigenvalue weighted by atomic mass is 9.88. The van der Waals surface area contributed by atoms with E-state index in [1.807, 2.05) is 30.1 Å². The lowest BCUT2D eigenvalue weighted by Gasteiger charge is -2.39. The number of carbonyl (C=O) groups excluding carboxylic acids is 2. The summed E-state index contributed by atoms with van der Waals surface area (Å²) in [5.74, 6) is -0.0438. The number of piperazine rings is 1. The molecule has 2 fully saturated rings. The first-order valence-electron chi connectivity index (χ1n) is 16.6. The standard InChI is InChI=1S/C35H49N7O4/c1-36-15-6-9-28(23-27-7-4-3-5-8-27)33(44)41-17-13-35(46,14-18-41)25-42-26-37-31-24-29(10-11-30(31)34(42)45)38-32(43)12-16-40-21-19-39(2)20-22-40/h3-5,7-8,10-11,24,26,28,36,46H,6,9,12-23,25H2,1-2H3,(H,38,43). The number of carbonyl (C=O) groups is 2. The topological polar surface area (TPSA) is 123 Å². The zero-order valence-electron chi connectivity index (χ0n) is 27.3. The average Bonchev–Trinajstić information content (AvgIpc) is 3.06. The predicted octanol–water partition coefficient (Wildman–Crippen LogP) is 2.18. The van der Waals surface area contributed by atoms with Crippen molar-refractivity contribution in [2.45, 2.75) is 50.7 Å². The molecule has 0 bridgehead atoms. The van der Waals surface area contributed by atoms with Gasteiger partial charge in [0.15, 0.2) is 0 Å². The van der Waals surface area contributed by atoms with Gasteiger partial charge in [0, 0.05) is 63.8 Å². The van der Waals surface area contributed by atoms with Gasteiger partial charge in [-0.2, -0.15) is 0 Å². The molecule has 3 heterocycles. The van der Waals surface area contributed by atoms with Crippen LogP contribution in [0.4, 0.5) is 5.69 Å². The van der Waals surface area contributed by atoms with E-state index in [4.69, 9.17) is 0 Å². The van der Waals surface area contributed by atoms with E-state index >= 15 is 0 Å². The van der Waals surface area contributed by atoms with Gasteiger partial charge in [-0.25, -0.2) is 4.98 Å². The van der Waals surface area contributed by atoms with Crippen LogP contribution in [0.5, 0.6) is 0 Å². The molecule has 2 aromatic carbocycles. The predicted molar refractivity (Wildman–Crippen MR) is 181 cm³/mol. The summed E-state index contributed by atoms with van der Waals surface area (Å²) in [6, 6.07) is 15.3. The fourth-order valence-electron chi connectivity index (χ4n) is 6.52. The largest absolute Gasteiger partial charge is 0.388 e. The first kappa shape index (κ1) is 33.7. The highest BCUT2D eigenvalue weighted by atomic mass is 16.3. The monoisotopic (exact) mass is 631 g/mol. The van der Waals surface area contributed by atoms with Crippen LogP contribution in [-0.4, -0.2) is 113 Å². The molecule has 2 aliphatic rings. The summed E-state index contributed by atoms with van der Waals surface area (Å²) in [6.07, 6.45) is 5.06. The number of aromatic nitrogens is 2. The van der Waals surface area contributed by atoms with Gasteiger partial charge in [-0.3, -0.25) is 19.0 Å². The lowest BCUT2D eigenvalue weighted by Crippen LogP contribution is -2.51. The van der Waals surface area contributed by atoms with Gasteiger partial charge < -0.3 is 30.4 Å². The molecule has 2 aliphatic heterocycles. The highest BCUT2D eigenvalue weighted by Crippen LogP contribution is 2.27. The number of rotatable bonds is 13. The minimum absolute atomic E-state index is 0.0666. The minimum atomic E-state index is -1.12. The van der Waals surface area contributed by atoms with E-state index in [1.165, 1.54) is 10.9 Å². The lowest BCUT2D eigenvalue weighted by molar-refractivity contribution is -0.140. The number of likely N-dealkylation sites (N-methyl/N-ethyl adjacent to an activating group) is 1. The molecule has 3 N–H and O–H groups in total. The van der Waals surface area contributed by atoms with E-state index in [1.54, 1.807) is 18.2 Å². The Morgan fingerprint density at radius 3 is 2.48 bits per heavy atom. The van der Waals surface area contributed by atoms with Gasteiger partial charge in [-0.15, -0.1) is 0 Å². The van der Waals surface area contributed by atoms with Crippen LogP contribution < -0.4 is 16.2 Å². The third-order valence-corrected chi connectivity index (χ3v) is 9.48. The summed E-state index contributed by atoms with van der Waals surface area (Å²) in [4.78, 5) is 50.5. The van der Waals surface area contributed by atoms with Crippen LogP contribution in [0.2, 0.25) is 0 Å². The highest BCUT2D eigenvalue weighted by Gasteiger charge is 2.36. The number of hydrogen-bond acceptors (Lipinski definition) is 8. The van der Waals surface area contributed by atoms with Crippen molar-refractivity contribution < 1.29 is 14.7 Å². The Morgan fingerprint density at radius 1 is 1.02 bits per heavy atom. The van der Waals surface area contributed by atoms with Crippen molar-refractivity contribution in [3.05, 3.63) is 70.8 Å². The Balaban J connectivity index is 1.16. The number of hydrogen-bond donors (Lipinski definition) is 3. The van der Waals surface area contributed by atoms with E-state index < -0.39 is 5.60 Å². The third-order valence-electron chi connectivity index (χ3n) is 9.48. The summed E-state index contributed by atoms with van der Waals surface area (Å²) < 4.78 is 1.46. The number of aliphatic hydroxyl groups is 1. The molecular weight excluding hydrogens is 582 g/mol. The maximum Gasteiger partial charge on any atom is 0.261 e. The quantitative estimate of drug-likeness (QED) is 0.246. The first-order chi connectivity index (χ1) is 22.2. The Bertz CT molecular complexity index is 1510. The van der Waals surface area contributed by atoms with Gasteiger partial charge in [0.1, 0.15) is 0 Å². The molecule has 248 valence electrons.